The smallest absolute Gasteiger partial charge is 0.132 e. The second-order valence-electron chi connectivity index (χ2n) is 35.9. The Morgan fingerprint density at radius 1 is 0.280 bits per heavy atom. The van der Waals surface area contributed by atoms with Gasteiger partial charge in [0, 0.05) is 22.6 Å². The van der Waals surface area contributed by atoms with Gasteiger partial charge in [0.2, 0.25) is 0 Å². The average Bonchev–Trinajstić information content (AvgIpc) is 1.49. The van der Waals surface area contributed by atoms with Crippen LogP contribution in [0.2, 0.25) is 0 Å². The van der Waals surface area contributed by atoms with E-state index in [0.29, 0.717) is 0 Å². The molecule has 3 spiro atoms. The van der Waals surface area contributed by atoms with Gasteiger partial charge in [-0.15, -0.1) is 0 Å². The highest BCUT2D eigenvalue weighted by atomic mass is 16.5. The van der Waals surface area contributed by atoms with E-state index >= 15 is 0 Å². The molecule has 0 aromatic heterocycles. The maximum absolute atomic E-state index is 7.25. The number of rotatable bonds is 7. The van der Waals surface area contributed by atoms with Gasteiger partial charge in [-0.2, -0.15) is 0 Å². The van der Waals surface area contributed by atoms with Crippen LogP contribution in [-0.2, 0) is 38.9 Å². The molecular formula is C116H82O2. The first-order valence-electron chi connectivity index (χ1n) is 42.1. The molecule has 0 bridgehead atoms. The van der Waals surface area contributed by atoms with Gasteiger partial charge >= 0.3 is 0 Å². The molecule has 0 saturated heterocycles. The molecule has 5 atom stereocenters. The quantitative estimate of drug-likeness (QED) is 0.158. The molecule has 0 radical (unpaired) electrons. The normalized spacial score (nSPS) is 19.3. The molecule has 17 aromatic carbocycles. The van der Waals surface area contributed by atoms with Gasteiger partial charge in [-0.05, 0) is 255 Å². The minimum Gasteiger partial charge on any atom is -0.485 e. The number of benzene rings is 17. The van der Waals surface area contributed by atoms with E-state index < -0.39 is 21.7 Å². The maximum atomic E-state index is 7.25. The van der Waals surface area contributed by atoms with Crippen LogP contribution in [0.5, 0.6) is 17.2 Å². The molecule has 0 amide bonds. The predicted molar refractivity (Wildman–Crippen MR) is 483 cm³/mol. The average molecular weight is 1510 g/mol. The molecule has 0 fully saturated rings. The van der Waals surface area contributed by atoms with Crippen molar-refractivity contribution in [2.24, 2.45) is 5.92 Å². The van der Waals surface area contributed by atoms with Gasteiger partial charge in [0.05, 0.1) is 21.7 Å². The van der Waals surface area contributed by atoms with Crippen molar-refractivity contribution in [2.45, 2.75) is 79.6 Å². The molecule has 558 valence electrons. The molecule has 118 heavy (non-hydrogen) atoms. The van der Waals surface area contributed by atoms with E-state index in [4.69, 9.17) is 9.47 Å². The van der Waals surface area contributed by atoms with E-state index in [1.165, 1.54) is 183 Å². The van der Waals surface area contributed by atoms with Crippen LogP contribution in [0.15, 0.2) is 382 Å². The lowest BCUT2D eigenvalue weighted by atomic mass is 9.60. The van der Waals surface area contributed by atoms with Crippen LogP contribution >= 0.6 is 0 Å². The Bertz CT molecular complexity index is 7270. The molecule has 5 unspecified atom stereocenters. The first kappa shape index (κ1) is 67.6. The van der Waals surface area contributed by atoms with Crippen LogP contribution in [0, 0.1) is 5.92 Å². The second-order valence-corrected chi connectivity index (χ2v) is 35.9. The lowest BCUT2D eigenvalue weighted by molar-refractivity contribution is 0.141. The van der Waals surface area contributed by atoms with Crippen molar-refractivity contribution in [3.63, 3.8) is 0 Å². The summed E-state index contributed by atoms with van der Waals surface area (Å²) in [6.07, 6.45) is 9.73. The monoisotopic (exact) mass is 1510 g/mol. The molecule has 8 aliphatic rings. The van der Waals surface area contributed by atoms with Gasteiger partial charge in [-0.25, -0.2) is 0 Å². The lowest BCUT2D eigenvalue weighted by Crippen LogP contribution is -2.47. The Hall–Kier alpha value is -13.7. The number of para-hydroxylation sites is 1. The third-order valence-corrected chi connectivity index (χ3v) is 28.9. The van der Waals surface area contributed by atoms with Gasteiger partial charge in [0.1, 0.15) is 23.4 Å². The van der Waals surface area contributed by atoms with Crippen molar-refractivity contribution in [1.29, 1.82) is 0 Å². The summed E-state index contributed by atoms with van der Waals surface area (Å²) in [5.41, 5.74) is 37.9. The van der Waals surface area contributed by atoms with E-state index in [-0.39, 0.29) is 22.9 Å². The zero-order valence-corrected chi connectivity index (χ0v) is 66.6. The fraction of sp³-hybridized carbons (Fsp3) is 0.121. The molecule has 2 heteroatoms. The Morgan fingerprint density at radius 2 is 0.754 bits per heavy atom. The molecule has 2 nitrogen and oxygen atoms in total. The van der Waals surface area contributed by atoms with E-state index in [1.54, 1.807) is 0 Å². The molecule has 0 N–H and O–H groups in total. The summed E-state index contributed by atoms with van der Waals surface area (Å²) >= 11 is 0. The highest BCUT2D eigenvalue weighted by Gasteiger charge is 2.58. The summed E-state index contributed by atoms with van der Waals surface area (Å²) < 4.78 is 14.4. The Balaban J connectivity index is 0.621. The number of ether oxygens (including phenoxy) is 2. The SMILES string of the molecule is CC(C)(C)c1ccc(C2(c3ccc(C(C)(C)Cc4cccc5c4-c4ccccc4C54c5ccccc5Oc5ccc(-c6cccc7c6-c6ccccc6C76c7cc8ccccc8cc7-c7c6ccc6ccccc76)cc54)cc3)c3ccccc3-c3ccc(-c4ccc5c(c4)C4(c6ccccc6-c6ccccc64)C4C=CC=CC4O5)cc32)cc1. The van der Waals surface area contributed by atoms with E-state index in [1.807, 2.05) is 0 Å². The van der Waals surface area contributed by atoms with Crippen molar-refractivity contribution < 1.29 is 9.47 Å². The van der Waals surface area contributed by atoms with Crippen LogP contribution in [0.1, 0.15) is 135 Å². The summed E-state index contributed by atoms with van der Waals surface area (Å²) in [5.74, 6) is 2.75. The van der Waals surface area contributed by atoms with Gasteiger partial charge < -0.3 is 9.47 Å². The lowest BCUT2D eigenvalue weighted by Gasteiger charge is -2.47. The first-order chi connectivity index (χ1) is 57.9. The maximum Gasteiger partial charge on any atom is 0.132 e. The standard InChI is InChI=1S/C116H82O2/c1-111(2,3)77-52-56-79(57-53-77)113(90-37-15-10-33-85(90)86-60-48-73(66-100(86)113)74-50-62-106-102(67-74)114(95-42-20-22-46-104(95)117-106)91-38-16-11-31-83(91)84-32-12-17-39-92(84)114)80-58-54-78(55-59-80)112(4,5)69-76-29-24-44-97-108(76)87-34-13-18-40-93(87)115(97)96-43-21-23-47-105(96)118-107-63-51-75(68-103(107)115)82-36-25-45-98-109(82)88-35-14-19-41-94(88)116(98)99-61-49-70-26-8-9-30-81(70)110(99)89-64-71-27-6-7-28-72(71)65-101(89)116/h6-68,95,104H,69H2,1-5H3. The Kier molecular flexibility index (Phi) is 13.9. The van der Waals surface area contributed by atoms with Crippen LogP contribution in [-0.4, -0.2) is 6.10 Å². The zero-order chi connectivity index (χ0) is 78.3. The minimum absolute atomic E-state index is 0.0344. The molecule has 17 aromatic rings. The van der Waals surface area contributed by atoms with Crippen molar-refractivity contribution in [1.82, 2.24) is 0 Å². The highest BCUT2D eigenvalue weighted by molar-refractivity contribution is 6.10. The molecule has 0 saturated carbocycles. The van der Waals surface area contributed by atoms with Crippen LogP contribution in [0.3, 0.4) is 0 Å². The number of fused-ring (bicyclic) bond motifs is 34. The largest absolute Gasteiger partial charge is 0.485 e. The van der Waals surface area contributed by atoms with Crippen LogP contribution < -0.4 is 9.47 Å². The first-order valence-corrected chi connectivity index (χ1v) is 42.1. The summed E-state index contributed by atoms with van der Waals surface area (Å²) in [4.78, 5) is 0. The van der Waals surface area contributed by atoms with E-state index in [0.717, 1.165) is 40.4 Å². The van der Waals surface area contributed by atoms with Crippen molar-refractivity contribution in [3.05, 3.63) is 482 Å². The Morgan fingerprint density at radius 3 is 1.46 bits per heavy atom. The number of hydrogen-bond donors (Lipinski definition) is 0. The topological polar surface area (TPSA) is 18.5 Å². The zero-order valence-electron chi connectivity index (χ0n) is 66.6. The Labute approximate surface area is 689 Å². The molecule has 2 aliphatic heterocycles. The van der Waals surface area contributed by atoms with E-state index in [9.17, 15) is 0 Å². The van der Waals surface area contributed by atoms with E-state index in [2.05, 4.69) is 417 Å². The third-order valence-electron chi connectivity index (χ3n) is 28.9. The van der Waals surface area contributed by atoms with Gasteiger partial charge in [0.15, 0.2) is 0 Å². The van der Waals surface area contributed by atoms with Crippen molar-refractivity contribution in [3.8, 4) is 95.1 Å². The van der Waals surface area contributed by atoms with Gasteiger partial charge in [0.25, 0.3) is 0 Å². The van der Waals surface area contributed by atoms with Crippen molar-refractivity contribution in [2.75, 3.05) is 0 Å². The summed E-state index contributed by atoms with van der Waals surface area (Å²) in [6, 6.07) is 138. The number of allylic oxidation sites excluding steroid dienone is 2. The minimum atomic E-state index is -0.720. The summed E-state index contributed by atoms with van der Waals surface area (Å²) in [6.45, 7) is 11.9. The fourth-order valence-corrected chi connectivity index (χ4v) is 23.9. The molecular weight excluding hydrogens is 1430 g/mol. The third kappa shape index (κ3) is 8.76. The second kappa shape index (κ2) is 24.2. The molecule has 2 heterocycles. The highest BCUT2D eigenvalue weighted by Crippen LogP contribution is 2.69. The fourth-order valence-electron chi connectivity index (χ4n) is 23.9. The van der Waals surface area contributed by atoms with Crippen LogP contribution in [0.4, 0.5) is 0 Å². The summed E-state index contributed by atoms with van der Waals surface area (Å²) in [5, 5.41) is 5.05. The van der Waals surface area contributed by atoms with Gasteiger partial charge in [-0.3, -0.25) is 0 Å². The predicted octanol–water partition coefficient (Wildman–Crippen LogP) is 28.1. The summed E-state index contributed by atoms with van der Waals surface area (Å²) in [7, 11) is 0. The molecule has 6 aliphatic carbocycles. The van der Waals surface area contributed by atoms with Crippen LogP contribution in [0.25, 0.3) is 99.4 Å². The van der Waals surface area contributed by atoms with Gasteiger partial charge in [-0.1, -0.05) is 362 Å². The molecule has 25 rings (SSSR count). The number of hydrogen-bond acceptors (Lipinski definition) is 2. The van der Waals surface area contributed by atoms with Crippen molar-refractivity contribution >= 4 is 21.5 Å².